The Morgan fingerprint density at radius 2 is 1.93 bits per heavy atom. The fraction of sp³-hybridized carbons (Fsp3) is 0.600. The van der Waals surface area contributed by atoms with Crippen molar-refractivity contribution in [2.75, 3.05) is 44.6 Å². The van der Waals surface area contributed by atoms with Crippen LogP contribution in [0.3, 0.4) is 0 Å². The Balaban J connectivity index is 2.02. The molecule has 0 aromatic heterocycles. The highest BCUT2D eigenvalue weighted by molar-refractivity contribution is 6.01. The molecule has 27 heavy (non-hydrogen) atoms. The molecule has 1 fully saturated rings. The molecule has 0 spiro atoms. The number of carbonyl (C=O) groups excluding carboxylic acids is 2. The van der Waals surface area contributed by atoms with Crippen LogP contribution in [0.25, 0.3) is 0 Å². The minimum atomic E-state index is -0.217. The maximum atomic E-state index is 12.6. The number of carbonyl (C=O) groups is 2. The van der Waals surface area contributed by atoms with Crippen molar-refractivity contribution >= 4 is 23.3 Å². The maximum Gasteiger partial charge on any atom is 0.319 e. The summed E-state index contributed by atoms with van der Waals surface area (Å²) in [7, 11) is 5.42. The van der Waals surface area contributed by atoms with Crippen LogP contribution in [0.2, 0.25) is 0 Å². The number of hydrogen-bond acceptors (Lipinski definition) is 4. The minimum absolute atomic E-state index is 0.161. The SMILES string of the molecule is COCCCNC(=O)c1cc(NC(=O)NC2CCCCC2)ccc1N(C)C. The van der Waals surface area contributed by atoms with Gasteiger partial charge in [0.1, 0.15) is 0 Å². The summed E-state index contributed by atoms with van der Waals surface area (Å²) in [6, 6.07) is 5.41. The fourth-order valence-electron chi connectivity index (χ4n) is 3.30. The lowest BCUT2D eigenvalue weighted by Crippen LogP contribution is -2.39. The van der Waals surface area contributed by atoms with E-state index in [0.29, 0.717) is 24.4 Å². The van der Waals surface area contributed by atoms with Gasteiger partial charge in [-0.3, -0.25) is 4.79 Å². The van der Waals surface area contributed by atoms with Gasteiger partial charge in [-0.1, -0.05) is 19.3 Å². The monoisotopic (exact) mass is 376 g/mol. The second kappa shape index (κ2) is 10.8. The van der Waals surface area contributed by atoms with Crippen molar-refractivity contribution < 1.29 is 14.3 Å². The molecule has 0 aliphatic heterocycles. The number of anilines is 2. The van der Waals surface area contributed by atoms with E-state index in [4.69, 9.17) is 4.74 Å². The lowest BCUT2D eigenvalue weighted by molar-refractivity contribution is 0.0949. The van der Waals surface area contributed by atoms with Crippen LogP contribution in [-0.2, 0) is 4.74 Å². The van der Waals surface area contributed by atoms with Gasteiger partial charge in [-0.15, -0.1) is 0 Å². The topological polar surface area (TPSA) is 82.7 Å². The van der Waals surface area contributed by atoms with Crippen molar-refractivity contribution in [3.05, 3.63) is 23.8 Å². The van der Waals surface area contributed by atoms with Gasteiger partial charge in [-0.05, 0) is 37.5 Å². The average Bonchev–Trinajstić information content (AvgIpc) is 2.65. The van der Waals surface area contributed by atoms with Crippen molar-refractivity contribution in [1.29, 1.82) is 0 Å². The van der Waals surface area contributed by atoms with Crippen LogP contribution in [-0.4, -0.2) is 52.3 Å². The van der Waals surface area contributed by atoms with Crippen LogP contribution in [0.4, 0.5) is 16.2 Å². The summed E-state index contributed by atoms with van der Waals surface area (Å²) in [6.45, 7) is 1.14. The average molecular weight is 377 g/mol. The quantitative estimate of drug-likeness (QED) is 0.609. The standard InChI is InChI=1S/C20H32N4O3/c1-24(2)18-11-10-16(14-17(18)19(25)21-12-7-13-27-3)23-20(26)22-15-8-5-4-6-9-15/h10-11,14-15H,4-9,12-13H2,1-3H3,(H,21,25)(H2,22,23,26). The van der Waals surface area contributed by atoms with Crippen LogP contribution >= 0.6 is 0 Å². The van der Waals surface area contributed by atoms with Crippen molar-refractivity contribution in [3.8, 4) is 0 Å². The molecule has 2 rings (SSSR count). The fourth-order valence-corrected chi connectivity index (χ4v) is 3.30. The smallest absolute Gasteiger partial charge is 0.319 e. The lowest BCUT2D eigenvalue weighted by atomic mass is 9.96. The lowest BCUT2D eigenvalue weighted by Gasteiger charge is -2.23. The number of benzene rings is 1. The van der Waals surface area contributed by atoms with Crippen molar-refractivity contribution in [1.82, 2.24) is 10.6 Å². The van der Waals surface area contributed by atoms with E-state index in [1.54, 1.807) is 13.2 Å². The van der Waals surface area contributed by atoms with Gasteiger partial charge in [0.2, 0.25) is 0 Å². The van der Waals surface area contributed by atoms with E-state index < -0.39 is 0 Å². The molecule has 0 radical (unpaired) electrons. The van der Waals surface area contributed by atoms with Gasteiger partial charge >= 0.3 is 6.03 Å². The van der Waals surface area contributed by atoms with E-state index in [9.17, 15) is 9.59 Å². The number of amides is 3. The Bertz CT molecular complexity index is 628. The van der Waals surface area contributed by atoms with Gasteiger partial charge in [0.05, 0.1) is 5.56 Å². The molecule has 1 saturated carbocycles. The first-order chi connectivity index (χ1) is 13.0. The molecular weight excluding hydrogens is 344 g/mol. The molecule has 0 saturated heterocycles. The van der Waals surface area contributed by atoms with Gasteiger partial charge in [0.15, 0.2) is 0 Å². The Morgan fingerprint density at radius 3 is 2.59 bits per heavy atom. The number of ether oxygens (including phenoxy) is 1. The summed E-state index contributed by atoms with van der Waals surface area (Å²) < 4.78 is 5.00. The Labute approximate surface area is 161 Å². The second-order valence-electron chi connectivity index (χ2n) is 7.16. The van der Waals surface area contributed by atoms with Crippen LogP contribution in [0, 0.1) is 0 Å². The van der Waals surface area contributed by atoms with Gasteiger partial charge in [0, 0.05) is 51.8 Å². The molecule has 3 amide bonds. The van der Waals surface area contributed by atoms with Crippen LogP contribution < -0.4 is 20.9 Å². The summed E-state index contributed by atoms with van der Waals surface area (Å²) in [4.78, 5) is 26.7. The van der Waals surface area contributed by atoms with Gasteiger partial charge < -0.3 is 25.6 Å². The van der Waals surface area contributed by atoms with Gasteiger partial charge in [-0.2, -0.15) is 0 Å². The normalized spacial score (nSPS) is 14.5. The summed E-state index contributed by atoms with van der Waals surface area (Å²) >= 11 is 0. The molecular formula is C20H32N4O3. The molecule has 1 aromatic carbocycles. The zero-order valence-corrected chi connectivity index (χ0v) is 16.6. The van der Waals surface area contributed by atoms with E-state index in [1.165, 1.54) is 6.42 Å². The molecule has 0 atom stereocenters. The molecule has 7 heteroatoms. The summed E-state index contributed by atoms with van der Waals surface area (Å²) in [5.41, 5.74) is 1.95. The summed E-state index contributed by atoms with van der Waals surface area (Å²) in [6.07, 6.45) is 6.38. The van der Waals surface area contributed by atoms with E-state index in [2.05, 4.69) is 16.0 Å². The van der Waals surface area contributed by atoms with E-state index in [0.717, 1.165) is 37.8 Å². The van der Waals surface area contributed by atoms with E-state index in [1.807, 2.05) is 31.1 Å². The number of urea groups is 1. The van der Waals surface area contributed by atoms with E-state index >= 15 is 0 Å². The first-order valence-electron chi connectivity index (χ1n) is 9.67. The van der Waals surface area contributed by atoms with Crippen molar-refractivity contribution in [2.24, 2.45) is 0 Å². The van der Waals surface area contributed by atoms with Crippen LogP contribution in [0.5, 0.6) is 0 Å². The summed E-state index contributed by atoms with van der Waals surface area (Å²) in [5, 5.41) is 8.79. The third-order valence-electron chi connectivity index (χ3n) is 4.73. The number of hydrogen-bond donors (Lipinski definition) is 3. The predicted octanol–water partition coefficient (Wildman–Crippen LogP) is 2.97. The third kappa shape index (κ3) is 6.75. The minimum Gasteiger partial charge on any atom is -0.385 e. The van der Waals surface area contributed by atoms with Gasteiger partial charge in [-0.25, -0.2) is 4.79 Å². The van der Waals surface area contributed by atoms with E-state index in [-0.39, 0.29) is 18.0 Å². The molecule has 3 N–H and O–H groups in total. The molecule has 150 valence electrons. The highest BCUT2D eigenvalue weighted by Gasteiger charge is 2.17. The highest BCUT2D eigenvalue weighted by atomic mass is 16.5. The van der Waals surface area contributed by atoms with Crippen molar-refractivity contribution in [3.63, 3.8) is 0 Å². The van der Waals surface area contributed by atoms with Crippen LogP contribution in [0.15, 0.2) is 18.2 Å². The highest BCUT2D eigenvalue weighted by Crippen LogP contribution is 2.23. The first-order valence-corrected chi connectivity index (χ1v) is 9.67. The Hall–Kier alpha value is -2.28. The molecule has 1 aliphatic carbocycles. The predicted molar refractivity (Wildman–Crippen MR) is 109 cm³/mol. The summed E-state index contributed by atoms with van der Waals surface area (Å²) in [5.74, 6) is -0.161. The van der Waals surface area contributed by atoms with Crippen molar-refractivity contribution in [2.45, 2.75) is 44.6 Å². The number of nitrogens with one attached hydrogen (secondary N) is 3. The molecule has 7 nitrogen and oxygen atoms in total. The van der Waals surface area contributed by atoms with Crippen LogP contribution in [0.1, 0.15) is 48.9 Å². The Kier molecular flexibility index (Phi) is 8.39. The number of rotatable bonds is 8. The van der Waals surface area contributed by atoms with Gasteiger partial charge in [0.25, 0.3) is 5.91 Å². The second-order valence-corrected chi connectivity index (χ2v) is 7.16. The zero-order valence-electron chi connectivity index (χ0n) is 16.6. The molecule has 0 heterocycles. The molecule has 1 aliphatic rings. The molecule has 1 aromatic rings. The molecule has 0 unspecified atom stereocenters. The first kappa shape index (κ1) is 21.0. The number of nitrogens with zero attached hydrogens (tertiary/aromatic N) is 1. The maximum absolute atomic E-state index is 12.6. The molecule has 0 bridgehead atoms. The largest absolute Gasteiger partial charge is 0.385 e. The number of methoxy groups -OCH3 is 1. The zero-order chi connectivity index (χ0) is 19.6. The third-order valence-corrected chi connectivity index (χ3v) is 4.73. The Morgan fingerprint density at radius 1 is 1.19 bits per heavy atom.